The SMILES string of the molecule is CNC(c1cc2cccc(C)c2o1)C1(OC)CCC1. The molecule has 1 aliphatic rings. The Bertz CT molecular complexity index is 578. The van der Waals surface area contributed by atoms with Crippen molar-refractivity contribution in [3.05, 3.63) is 35.6 Å². The third kappa shape index (κ3) is 1.88. The van der Waals surface area contributed by atoms with Crippen molar-refractivity contribution in [2.75, 3.05) is 14.2 Å². The molecular formula is C16H21NO2. The molecule has 1 fully saturated rings. The first-order chi connectivity index (χ1) is 9.20. The highest BCUT2D eigenvalue weighted by atomic mass is 16.5. The summed E-state index contributed by atoms with van der Waals surface area (Å²) in [5.74, 6) is 0.980. The van der Waals surface area contributed by atoms with Crippen LogP contribution < -0.4 is 5.32 Å². The van der Waals surface area contributed by atoms with E-state index in [0.29, 0.717) is 0 Å². The summed E-state index contributed by atoms with van der Waals surface area (Å²) in [7, 11) is 3.78. The summed E-state index contributed by atoms with van der Waals surface area (Å²) in [6.07, 6.45) is 3.40. The van der Waals surface area contributed by atoms with Gasteiger partial charge >= 0.3 is 0 Å². The van der Waals surface area contributed by atoms with Crippen molar-refractivity contribution < 1.29 is 9.15 Å². The zero-order chi connectivity index (χ0) is 13.5. The van der Waals surface area contributed by atoms with Crippen LogP contribution in [-0.4, -0.2) is 19.8 Å². The second-order valence-corrected chi connectivity index (χ2v) is 5.49. The molecule has 2 aromatic rings. The van der Waals surface area contributed by atoms with Crippen LogP contribution in [0.25, 0.3) is 11.0 Å². The Morgan fingerprint density at radius 3 is 2.68 bits per heavy atom. The van der Waals surface area contributed by atoms with E-state index in [2.05, 4.69) is 36.5 Å². The maximum absolute atomic E-state index is 6.09. The van der Waals surface area contributed by atoms with E-state index in [4.69, 9.17) is 9.15 Å². The molecule has 3 heteroatoms. The highest BCUT2D eigenvalue weighted by Crippen LogP contribution is 2.45. The average molecular weight is 259 g/mol. The Kier molecular flexibility index (Phi) is 3.11. The van der Waals surface area contributed by atoms with Crippen LogP contribution in [-0.2, 0) is 4.74 Å². The summed E-state index contributed by atoms with van der Waals surface area (Å²) in [4.78, 5) is 0. The molecule has 3 rings (SSSR count). The van der Waals surface area contributed by atoms with Gasteiger partial charge in [0.1, 0.15) is 11.3 Å². The van der Waals surface area contributed by atoms with Crippen molar-refractivity contribution in [3.63, 3.8) is 0 Å². The van der Waals surface area contributed by atoms with Gasteiger partial charge in [0, 0.05) is 12.5 Å². The third-order valence-corrected chi connectivity index (χ3v) is 4.47. The zero-order valence-electron chi connectivity index (χ0n) is 11.8. The molecule has 102 valence electrons. The van der Waals surface area contributed by atoms with Crippen molar-refractivity contribution in [1.82, 2.24) is 5.32 Å². The molecule has 0 saturated heterocycles. The maximum Gasteiger partial charge on any atom is 0.137 e. The lowest BCUT2D eigenvalue weighted by Crippen LogP contribution is -2.49. The van der Waals surface area contributed by atoms with Gasteiger partial charge in [-0.05, 0) is 44.9 Å². The predicted octanol–water partition coefficient (Wildman–Crippen LogP) is 3.57. The fourth-order valence-electron chi connectivity index (χ4n) is 3.17. The molecule has 1 saturated carbocycles. The number of benzene rings is 1. The number of aryl methyl sites for hydroxylation is 1. The fourth-order valence-corrected chi connectivity index (χ4v) is 3.17. The molecule has 1 heterocycles. The van der Waals surface area contributed by atoms with E-state index in [0.717, 1.165) is 24.2 Å². The smallest absolute Gasteiger partial charge is 0.137 e. The first kappa shape index (κ1) is 12.7. The maximum atomic E-state index is 6.09. The topological polar surface area (TPSA) is 34.4 Å². The van der Waals surface area contributed by atoms with Crippen molar-refractivity contribution in [3.8, 4) is 0 Å². The lowest BCUT2D eigenvalue weighted by Gasteiger charge is -2.45. The summed E-state index contributed by atoms with van der Waals surface area (Å²) in [5, 5.41) is 4.54. The van der Waals surface area contributed by atoms with Crippen LogP contribution in [0.3, 0.4) is 0 Å². The minimum absolute atomic E-state index is 0.101. The standard InChI is InChI=1S/C16H21NO2/c1-11-6-4-7-12-10-13(19-14(11)12)15(17-2)16(18-3)8-5-9-16/h4,6-7,10,15,17H,5,8-9H2,1-3H3. The van der Waals surface area contributed by atoms with Gasteiger partial charge in [0.2, 0.25) is 0 Å². The highest BCUT2D eigenvalue weighted by Gasteiger charge is 2.46. The van der Waals surface area contributed by atoms with E-state index in [-0.39, 0.29) is 11.6 Å². The minimum Gasteiger partial charge on any atom is -0.459 e. The second-order valence-electron chi connectivity index (χ2n) is 5.49. The molecule has 0 bridgehead atoms. The minimum atomic E-state index is -0.101. The van der Waals surface area contributed by atoms with Gasteiger partial charge in [-0.2, -0.15) is 0 Å². The summed E-state index contributed by atoms with van der Waals surface area (Å²) in [6, 6.07) is 8.52. The summed E-state index contributed by atoms with van der Waals surface area (Å²) in [6.45, 7) is 2.08. The highest BCUT2D eigenvalue weighted by molar-refractivity contribution is 5.81. The molecular weight excluding hydrogens is 238 g/mol. The number of para-hydroxylation sites is 1. The van der Waals surface area contributed by atoms with Crippen LogP contribution in [0, 0.1) is 6.92 Å². The van der Waals surface area contributed by atoms with Gasteiger partial charge < -0.3 is 14.5 Å². The Morgan fingerprint density at radius 2 is 2.16 bits per heavy atom. The van der Waals surface area contributed by atoms with Crippen molar-refractivity contribution in [2.24, 2.45) is 0 Å². The fraction of sp³-hybridized carbons (Fsp3) is 0.500. The van der Waals surface area contributed by atoms with Crippen molar-refractivity contribution in [2.45, 2.75) is 37.8 Å². The quantitative estimate of drug-likeness (QED) is 0.911. The van der Waals surface area contributed by atoms with E-state index in [1.807, 2.05) is 7.05 Å². The van der Waals surface area contributed by atoms with E-state index in [1.165, 1.54) is 17.4 Å². The van der Waals surface area contributed by atoms with Gasteiger partial charge in [0.15, 0.2) is 0 Å². The number of methoxy groups -OCH3 is 1. The number of nitrogens with one attached hydrogen (secondary N) is 1. The van der Waals surface area contributed by atoms with Crippen LogP contribution in [0.1, 0.15) is 36.6 Å². The van der Waals surface area contributed by atoms with Gasteiger partial charge in [-0.1, -0.05) is 18.2 Å². The number of rotatable bonds is 4. The number of hydrogen-bond donors (Lipinski definition) is 1. The average Bonchev–Trinajstić information content (AvgIpc) is 2.78. The van der Waals surface area contributed by atoms with Gasteiger partial charge in [0.25, 0.3) is 0 Å². The largest absolute Gasteiger partial charge is 0.459 e. The molecule has 0 aliphatic heterocycles. The third-order valence-electron chi connectivity index (χ3n) is 4.47. The van der Waals surface area contributed by atoms with Crippen molar-refractivity contribution in [1.29, 1.82) is 0 Å². The summed E-state index contributed by atoms with van der Waals surface area (Å²) >= 11 is 0. The Labute approximate surface area is 113 Å². The molecule has 1 aromatic carbocycles. The first-order valence-electron chi connectivity index (χ1n) is 6.92. The molecule has 1 atom stereocenters. The van der Waals surface area contributed by atoms with E-state index >= 15 is 0 Å². The number of fused-ring (bicyclic) bond motifs is 1. The lowest BCUT2D eigenvalue weighted by atomic mass is 9.73. The molecule has 1 unspecified atom stereocenters. The molecule has 1 aromatic heterocycles. The summed E-state index contributed by atoms with van der Waals surface area (Å²) in [5.41, 5.74) is 2.07. The van der Waals surface area contributed by atoms with Crippen LogP contribution in [0.2, 0.25) is 0 Å². The van der Waals surface area contributed by atoms with Crippen LogP contribution in [0.4, 0.5) is 0 Å². The van der Waals surface area contributed by atoms with Gasteiger partial charge in [0.05, 0.1) is 11.6 Å². The molecule has 0 spiro atoms. The molecule has 1 N–H and O–H groups in total. The number of furan rings is 1. The van der Waals surface area contributed by atoms with Crippen molar-refractivity contribution >= 4 is 11.0 Å². The zero-order valence-corrected chi connectivity index (χ0v) is 11.8. The van der Waals surface area contributed by atoms with Crippen LogP contribution >= 0.6 is 0 Å². The number of ether oxygens (including phenoxy) is 1. The summed E-state index contributed by atoms with van der Waals surface area (Å²) < 4.78 is 11.9. The van der Waals surface area contributed by atoms with E-state index in [9.17, 15) is 0 Å². The lowest BCUT2D eigenvalue weighted by molar-refractivity contribution is -0.102. The molecule has 0 radical (unpaired) electrons. The van der Waals surface area contributed by atoms with Crippen LogP contribution in [0.15, 0.2) is 28.7 Å². The monoisotopic (exact) mass is 259 g/mol. The number of hydrogen-bond acceptors (Lipinski definition) is 3. The van der Waals surface area contributed by atoms with Gasteiger partial charge in [-0.3, -0.25) is 0 Å². The molecule has 1 aliphatic carbocycles. The van der Waals surface area contributed by atoms with E-state index < -0.39 is 0 Å². The Balaban J connectivity index is 2.04. The van der Waals surface area contributed by atoms with Gasteiger partial charge in [-0.25, -0.2) is 0 Å². The van der Waals surface area contributed by atoms with Gasteiger partial charge in [-0.15, -0.1) is 0 Å². The molecule has 0 amide bonds. The molecule has 19 heavy (non-hydrogen) atoms. The predicted molar refractivity (Wildman–Crippen MR) is 76.3 cm³/mol. The number of likely N-dealkylation sites (N-methyl/N-ethyl adjacent to an activating group) is 1. The Hall–Kier alpha value is -1.32. The Morgan fingerprint density at radius 1 is 1.37 bits per heavy atom. The van der Waals surface area contributed by atoms with E-state index in [1.54, 1.807) is 7.11 Å². The van der Waals surface area contributed by atoms with Crippen LogP contribution in [0.5, 0.6) is 0 Å². The molecule has 3 nitrogen and oxygen atoms in total. The second kappa shape index (κ2) is 4.66. The normalized spacial score (nSPS) is 19.3. The first-order valence-corrected chi connectivity index (χ1v) is 6.92.